The molecule has 1 saturated heterocycles. The van der Waals surface area contributed by atoms with E-state index in [1.54, 1.807) is 19.3 Å². The second-order valence-corrected chi connectivity index (χ2v) is 5.83. The van der Waals surface area contributed by atoms with Gasteiger partial charge in [-0.1, -0.05) is 30.3 Å². The molecule has 2 aromatic rings. The second-order valence-electron chi connectivity index (χ2n) is 5.83. The average molecular weight is 327 g/mol. The maximum atomic E-state index is 12.8. The molecule has 2 atom stereocenters. The van der Waals surface area contributed by atoms with Gasteiger partial charge in [-0.05, 0) is 25.3 Å². The van der Waals surface area contributed by atoms with Crippen LogP contribution in [-0.4, -0.2) is 45.0 Å². The fourth-order valence-electron chi connectivity index (χ4n) is 3.20. The normalized spacial score (nSPS) is 20.9. The topological polar surface area (TPSA) is 64.4 Å². The first-order valence-corrected chi connectivity index (χ1v) is 8.19. The number of carbonyl (C=O) groups is 2. The predicted molar refractivity (Wildman–Crippen MR) is 88.3 cm³/mol. The van der Waals surface area contributed by atoms with Crippen molar-refractivity contribution in [2.24, 2.45) is 0 Å². The quantitative estimate of drug-likeness (QED) is 0.787. The molecule has 0 amide bonds. The molecule has 0 spiro atoms. The van der Waals surface area contributed by atoms with Crippen molar-refractivity contribution in [1.82, 2.24) is 14.5 Å². The summed E-state index contributed by atoms with van der Waals surface area (Å²) in [6, 6.07) is 9.12. The van der Waals surface area contributed by atoms with Gasteiger partial charge in [-0.2, -0.15) is 0 Å². The molecule has 0 unspecified atom stereocenters. The Morgan fingerprint density at radius 1 is 1.21 bits per heavy atom. The lowest BCUT2D eigenvalue weighted by atomic mass is 10.1. The number of benzene rings is 1. The number of aromatic nitrogens is 2. The molecule has 24 heavy (non-hydrogen) atoms. The summed E-state index contributed by atoms with van der Waals surface area (Å²) < 4.78 is 6.68. The lowest BCUT2D eigenvalue weighted by molar-refractivity contribution is -0.148. The van der Waals surface area contributed by atoms with Gasteiger partial charge in [-0.25, -0.2) is 4.98 Å². The van der Waals surface area contributed by atoms with Crippen LogP contribution in [0, 0.1) is 0 Å². The van der Waals surface area contributed by atoms with Crippen LogP contribution < -0.4 is 0 Å². The summed E-state index contributed by atoms with van der Waals surface area (Å²) in [6.45, 7) is 2.67. The van der Waals surface area contributed by atoms with Crippen LogP contribution in [-0.2, 0) is 16.1 Å². The van der Waals surface area contributed by atoms with Crippen LogP contribution >= 0.6 is 0 Å². The molecule has 0 N–H and O–H groups in total. The minimum absolute atomic E-state index is 0.0600. The molecular formula is C18H21N3O3. The van der Waals surface area contributed by atoms with Gasteiger partial charge in [0.25, 0.3) is 0 Å². The molecule has 0 saturated carbocycles. The van der Waals surface area contributed by atoms with Crippen molar-refractivity contribution in [1.29, 1.82) is 0 Å². The Hall–Kier alpha value is -2.47. The molecular weight excluding hydrogens is 306 g/mol. The SMILES string of the molecule is CCOC(=O)[C@@H]1CC[C@H](C(=O)n2ccnc2)N1Cc1ccccc1. The first-order chi connectivity index (χ1) is 11.7. The van der Waals surface area contributed by atoms with Gasteiger partial charge >= 0.3 is 5.97 Å². The zero-order valence-electron chi connectivity index (χ0n) is 13.7. The summed E-state index contributed by atoms with van der Waals surface area (Å²) in [4.78, 5) is 31.0. The number of nitrogens with zero attached hydrogens (tertiary/aromatic N) is 3. The van der Waals surface area contributed by atoms with Gasteiger partial charge in [0.2, 0.25) is 5.91 Å². The Labute approximate surface area is 141 Å². The highest BCUT2D eigenvalue weighted by atomic mass is 16.5. The van der Waals surface area contributed by atoms with Crippen LogP contribution in [0.25, 0.3) is 0 Å². The van der Waals surface area contributed by atoms with Crippen LogP contribution in [0.5, 0.6) is 0 Å². The van der Waals surface area contributed by atoms with E-state index in [9.17, 15) is 9.59 Å². The van der Waals surface area contributed by atoms with E-state index in [4.69, 9.17) is 4.74 Å². The highest BCUT2D eigenvalue weighted by Crippen LogP contribution is 2.28. The summed E-state index contributed by atoms with van der Waals surface area (Å²) in [5.41, 5.74) is 1.07. The molecule has 6 nitrogen and oxygen atoms in total. The number of rotatable bonds is 5. The summed E-state index contributed by atoms with van der Waals surface area (Å²) in [5, 5.41) is 0. The van der Waals surface area contributed by atoms with Gasteiger partial charge in [-0.15, -0.1) is 0 Å². The van der Waals surface area contributed by atoms with E-state index in [0.717, 1.165) is 5.56 Å². The zero-order chi connectivity index (χ0) is 16.9. The maximum absolute atomic E-state index is 12.8. The first-order valence-electron chi connectivity index (χ1n) is 8.19. The number of likely N-dealkylation sites (tertiary alicyclic amines) is 1. The van der Waals surface area contributed by atoms with E-state index in [0.29, 0.717) is 26.0 Å². The molecule has 1 aliphatic rings. The summed E-state index contributed by atoms with van der Waals surface area (Å²) >= 11 is 0. The number of hydrogen-bond acceptors (Lipinski definition) is 5. The zero-order valence-corrected chi connectivity index (χ0v) is 13.7. The molecule has 6 heteroatoms. The van der Waals surface area contributed by atoms with Gasteiger partial charge in [0.1, 0.15) is 12.4 Å². The fraction of sp³-hybridized carbons (Fsp3) is 0.389. The average Bonchev–Trinajstić information content (AvgIpc) is 3.25. The van der Waals surface area contributed by atoms with Crippen LogP contribution in [0.1, 0.15) is 30.1 Å². The highest BCUT2D eigenvalue weighted by molar-refractivity contribution is 5.86. The smallest absolute Gasteiger partial charge is 0.323 e. The molecule has 1 aromatic carbocycles. The van der Waals surface area contributed by atoms with Gasteiger partial charge in [0.05, 0.1) is 12.6 Å². The third-order valence-corrected chi connectivity index (χ3v) is 4.32. The molecule has 2 heterocycles. The minimum atomic E-state index is -0.386. The molecule has 0 aliphatic carbocycles. The molecule has 0 bridgehead atoms. The Morgan fingerprint density at radius 2 is 1.96 bits per heavy atom. The van der Waals surface area contributed by atoms with Crippen molar-refractivity contribution in [2.45, 2.75) is 38.4 Å². The van der Waals surface area contributed by atoms with E-state index >= 15 is 0 Å². The molecule has 1 aliphatic heterocycles. The number of hydrogen-bond donors (Lipinski definition) is 0. The predicted octanol–water partition coefficient (Wildman–Crippen LogP) is 2.12. The van der Waals surface area contributed by atoms with Crippen LogP contribution in [0.15, 0.2) is 49.1 Å². The van der Waals surface area contributed by atoms with Crippen LogP contribution in [0.4, 0.5) is 0 Å². The Bertz CT molecular complexity index is 685. The molecule has 1 aromatic heterocycles. The monoisotopic (exact) mass is 327 g/mol. The van der Waals surface area contributed by atoms with Gasteiger partial charge < -0.3 is 4.74 Å². The highest BCUT2D eigenvalue weighted by Gasteiger charge is 2.42. The first kappa shape index (κ1) is 16.4. The third-order valence-electron chi connectivity index (χ3n) is 4.32. The van der Waals surface area contributed by atoms with E-state index in [1.165, 1.54) is 10.9 Å². The van der Waals surface area contributed by atoms with E-state index in [-0.39, 0.29) is 24.0 Å². The maximum Gasteiger partial charge on any atom is 0.323 e. The Balaban J connectivity index is 1.84. The standard InChI is InChI=1S/C18H21N3O3/c1-2-24-18(23)16-9-8-15(17(22)20-11-10-19-13-20)21(16)12-14-6-4-3-5-7-14/h3-7,10-11,13,15-16H,2,8-9,12H2,1H3/t15-,16+/m1/s1. The van der Waals surface area contributed by atoms with Gasteiger partial charge in [0.15, 0.2) is 0 Å². The third kappa shape index (κ3) is 3.38. The van der Waals surface area contributed by atoms with E-state index in [2.05, 4.69) is 4.98 Å². The fourth-order valence-corrected chi connectivity index (χ4v) is 3.20. The van der Waals surface area contributed by atoms with Crippen molar-refractivity contribution in [3.63, 3.8) is 0 Å². The molecule has 1 fully saturated rings. The van der Waals surface area contributed by atoms with Crippen LogP contribution in [0.2, 0.25) is 0 Å². The van der Waals surface area contributed by atoms with Gasteiger partial charge in [-0.3, -0.25) is 19.1 Å². The lowest BCUT2D eigenvalue weighted by Gasteiger charge is -2.28. The largest absolute Gasteiger partial charge is 0.465 e. The van der Waals surface area contributed by atoms with E-state index < -0.39 is 0 Å². The van der Waals surface area contributed by atoms with Crippen molar-refractivity contribution in [3.8, 4) is 0 Å². The molecule has 126 valence electrons. The second kappa shape index (κ2) is 7.40. The van der Waals surface area contributed by atoms with Crippen molar-refractivity contribution < 1.29 is 14.3 Å². The summed E-state index contributed by atoms with van der Waals surface area (Å²) in [6.07, 6.45) is 5.97. The lowest BCUT2D eigenvalue weighted by Crippen LogP contribution is -2.45. The van der Waals surface area contributed by atoms with Gasteiger partial charge in [0, 0.05) is 18.9 Å². The summed E-state index contributed by atoms with van der Waals surface area (Å²) in [5.74, 6) is -0.315. The Morgan fingerprint density at radius 3 is 2.62 bits per heavy atom. The minimum Gasteiger partial charge on any atom is -0.465 e. The molecule has 0 radical (unpaired) electrons. The Kier molecular flexibility index (Phi) is 5.05. The van der Waals surface area contributed by atoms with Crippen LogP contribution in [0.3, 0.4) is 0 Å². The number of esters is 1. The van der Waals surface area contributed by atoms with E-state index in [1.807, 2.05) is 35.2 Å². The van der Waals surface area contributed by atoms with Crippen molar-refractivity contribution in [2.75, 3.05) is 6.61 Å². The number of ether oxygens (including phenoxy) is 1. The van der Waals surface area contributed by atoms with Crippen molar-refractivity contribution >= 4 is 11.9 Å². The molecule has 3 rings (SSSR count). The summed E-state index contributed by atoms with van der Waals surface area (Å²) in [7, 11) is 0. The number of carbonyl (C=O) groups excluding carboxylic acids is 2. The van der Waals surface area contributed by atoms with Crippen molar-refractivity contribution in [3.05, 3.63) is 54.6 Å². The number of imidazole rings is 1.